The molecule has 0 spiro atoms. The van der Waals surface area contributed by atoms with Gasteiger partial charge >= 0.3 is 74.5 Å². The van der Waals surface area contributed by atoms with Crippen LogP contribution in [0.1, 0.15) is 0 Å². The van der Waals surface area contributed by atoms with E-state index in [2.05, 4.69) is 17.5 Å². The molecule has 1 aromatic rings. The predicted octanol–water partition coefficient (Wildman–Crippen LogP) is -0.359. The van der Waals surface area contributed by atoms with Gasteiger partial charge in [-0.15, -0.1) is 0 Å². The Hall–Kier alpha value is 0.710. The molecule has 0 saturated carbocycles. The first-order valence-electron chi connectivity index (χ1n) is 3.90. The predicted molar refractivity (Wildman–Crippen MR) is 77.0 cm³/mol. The van der Waals surface area contributed by atoms with Gasteiger partial charge in [-0.1, -0.05) is 0 Å². The van der Waals surface area contributed by atoms with Crippen LogP contribution in [-0.4, -0.2) is 64.2 Å². The van der Waals surface area contributed by atoms with Crippen molar-refractivity contribution in [1.82, 2.24) is 0 Å². The second-order valence-electron chi connectivity index (χ2n) is 2.74. The van der Waals surface area contributed by atoms with Gasteiger partial charge in [-0.3, -0.25) is 0 Å². The molecule has 1 rings (SSSR count). The molecular weight excluding hydrogens is 316 g/mol. The zero-order chi connectivity index (χ0) is 12.3. The fraction of sp³-hybridized carbons (Fsp3) is 0. The van der Waals surface area contributed by atoms with Gasteiger partial charge in [-0.05, 0) is 30.4 Å². The van der Waals surface area contributed by atoms with Gasteiger partial charge in [-0.25, -0.2) is 18.3 Å². The molecule has 0 atom stereocenters. The maximum absolute atomic E-state index is 10.8. The van der Waals surface area contributed by atoms with Crippen molar-refractivity contribution in [2.24, 2.45) is 5.73 Å². The van der Waals surface area contributed by atoms with Gasteiger partial charge in [0.15, 0.2) is 5.11 Å². The van der Waals surface area contributed by atoms with Crippen LogP contribution in [0.4, 0.5) is 5.69 Å². The third-order valence-electron chi connectivity index (χ3n) is 1.59. The number of nitrogens with two attached hydrogens (primary N) is 1. The fourth-order valence-electron chi connectivity index (χ4n) is 1.02. The van der Waals surface area contributed by atoms with Crippen molar-refractivity contribution < 1.29 is 18.3 Å². The van der Waals surface area contributed by atoms with Crippen molar-refractivity contribution in [2.75, 3.05) is 5.32 Å². The van der Waals surface area contributed by atoms with E-state index < -0.39 is 15.4 Å². The second-order valence-corrected chi connectivity index (χ2v) is 5.24. The van der Waals surface area contributed by atoms with Crippen LogP contribution in [-0.2, 0) is 18.3 Å². The molecule has 0 unspecified atom stereocenters. The average Bonchev–Trinajstić information content (AvgIpc) is 2.15. The van der Waals surface area contributed by atoms with E-state index in [0.29, 0.717) is 0 Å². The molecule has 3 N–H and O–H groups in total. The molecule has 11 heteroatoms. The van der Waals surface area contributed by atoms with Gasteiger partial charge in [0, 0.05) is 5.69 Å². The number of benzene rings is 1. The minimum atomic E-state index is -2.87. The first-order chi connectivity index (χ1) is 7.40. The standard InChI is InChI=1S/C7H6N2O4P2S.2Na.2H/c8-7(16)9-4-1-5(14(10)11)3-6(2-4)15(12)13;;;;/h1-3H,(H3,8,9,16);;;;. The fourth-order valence-corrected chi connectivity index (χ4v) is 2.22. The third kappa shape index (κ3) is 6.75. The number of anilines is 1. The topological polar surface area (TPSA) is 106 Å². The number of nitrogens with one attached hydrogen (secondary N) is 1. The Morgan fingerprint density at radius 1 is 1.00 bits per heavy atom. The van der Waals surface area contributed by atoms with Crippen LogP contribution in [0.5, 0.6) is 0 Å². The monoisotopic (exact) mass is 324 g/mol. The van der Waals surface area contributed by atoms with Gasteiger partial charge in [0.25, 0.3) is 0 Å². The summed E-state index contributed by atoms with van der Waals surface area (Å²) in [4.78, 5) is 0. The van der Waals surface area contributed by atoms with E-state index in [9.17, 15) is 18.3 Å². The zero-order valence-corrected chi connectivity index (χ0v) is 10.4. The average molecular weight is 324 g/mol. The molecule has 0 aliphatic heterocycles. The van der Waals surface area contributed by atoms with Crippen LogP contribution in [0.25, 0.3) is 0 Å². The molecule has 0 amide bonds. The maximum atomic E-state index is 10.8. The van der Waals surface area contributed by atoms with Crippen LogP contribution >= 0.6 is 27.6 Å². The Morgan fingerprint density at radius 2 is 1.39 bits per heavy atom. The third-order valence-corrected chi connectivity index (χ3v) is 3.05. The Balaban J connectivity index is 0. The van der Waals surface area contributed by atoms with Crippen LogP contribution < -0.4 is 21.7 Å². The molecule has 0 bridgehead atoms. The van der Waals surface area contributed by atoms with Crippen molar-refractivity contribution in [3.8, 4) is 0 Å². The van der Waals surface area contributed by atoms with E-state index in [4.69, 9.17) is 5.73 Å². The van der Waals surface area contributed by atoms with Crippen LogP contribution in [0.2, 0.25) is 0 Å². The van der Waals surface area contributed by atoms with Crippen molar-refractivity contribution in [3.63, 3.8) is 0 Å². The number of rotatable bonds is 3. The SMILES string of the molecule is NC(=S)Nc1cc(P(=O)=O)cc(P(=O)=O)c1.[NaH].[NaH]. The Morgan fingerprint density at radius 3 is 1.67 bits per heavy atom. The normalized spacial score (nSPS) is 8.44. The van der Waals surface area contributed by atoms with E-state index in [1.54, 1.807) is 0 Å². The van der Waals surface area contributed by atoms with Crippen LogP contribution in [0.3, 0.4) is 0 Å². The van der Waals surface area contributed by atoms with E-state index in [1.807, 2.05) is 0 Å². The Labute approximate surface area is 154 Å². The van der Waals surface area contributed by atoms with Crippen LogP contribution in [0.15, 0.2) is 18.2 Å². The summed E-state index contributed by atoms with van der Waals surface area (Å²) in [5, 5.41) is 2.15. The molecule has 6 nitrogen and oxygen atoms in total. The summed E-state index contributed by atoms with van der Waals surface area (Å²) in [6, 6.07) is 3.54. The van der Waals surface area contributed by atoms with Gasteiger partial charge in [-0.2, -0.15) is 0 Å². The summed E-state index contributed by atoms with van der Waals surface area (Å²) in [5.41, 5.74) is 5.42. The second kappa shape index (κ2) is 9.59. The van der Waals surface area contributed by atoms with E-state index in [1.165, 1.54) is 12.1 Å². The molecular formula is C7H8N2Na2O4P2S. The van der Waals surface area contributed by atoms with Gasteiger partial charge in [0.05, 0.1) is 10.6 Å². The van der Waals surface area contributed by atoms with E-state index >= 15 is 0 Å². The van der Waals surface area contributed by atoms with E-state index in [-0.39, 0.29) is 80.5 Å². The Kier molecular flexibility index (Phi) is 11.2. The number of thiocarbonyl (C=S) groups is 1. The van der Waals surface area contributed by atoms with Crippen molar-refractivity contribution >= 4 is 108 Å². The van der Waals surface area contributed by atoms with Crippen molar-refractivity contribution in [2.45, 2.75) is 0 Å². The first-order valence-corrected chi connectivity index (χ1v) is 6.67. The Bertz CT molecular complexity index is 533. The van der Waals surface area contributed by atoms with Crippen molar-refractivity contribution in [1.29, 1.82) is 0 Å². The van der Waals surface area contributed by atoms with Crippen molar-refractivity contribution in [3.05, 3.63) is 18.2 Å². The minimum absolute atomic E-state index is 0. The number of hydrogen-bond acceptors (Lipinski definition) is 5. The quantitative estimate of drug-likeness (QED) is 0.444. The summed E-state index contributed by atoms with van der Waals surface area (Å²) in [5.74, 6) is 0. The molecule has 0 heterocycles. The summed E-state index contributed by atoms with van der Waals surface area (Å²) >= 11 is 4.56. The molecule has 1 aromatic carbocycles. The van der Waals surface area contributed by atoms with Crippen LogP contribution in [0, 0.1) is 0 Å². The molecule has 0 aliphatic rings. The molecule has 18 heavy (non-hydrogen) atoms. The molecule has 0 aromatic heterocycles. The molecule has 0 fully saturated rings. The summed E-state index contributed by atoms with van der Waals surface area (Å²) < 4.78 is 43.0. The zero-order valence-electron chi connectivity index (χ0n) is 7.75. The molecule has 88 valence electrons. The van der Waals surface area contributed by atoms with Gasteiger partial charge in [0.2, 0.25) is 0 Å². The summed E-state index contributed by atoms with van der Waals surface area (Å²) in [6.45, 7) is 0. The summed E-state index contributed by atoms with van der Waals surface area (Å²) in [7, 11) is -5.74. The molecule has 0 aliphatic carbocycles. The van der Waals surface area contributed by atoms with Gasteiger partial charge < -0.3 is 11.1 Å². The first kappa shape index (κ1) is 21.0. The summed E-state index contributed by atoms with van der Waals surface area (Å²) in [6.07, 6.45) is 0. The van der Waals surface area contributed by atoms with E-state index in [0.717, 1.165) is 6.07 Å². The van der Waals surface area contributed by atoms with Gasteiger partial charge in [0.1, 0.15) is 0 Å². The number of hydrogen-bond donors (Lipinski definition) is 2. The molecule has 0 saturated heterocycles. The molecule has 0 radical (unpaired) electrons.